The van der Waals surface area contributed by atoms with E-state index in [4.69, 9.17) is 0 Å². The van der Waals surface area contributed by atoms with E-state index in [0.29, 0.717) is 5.92 Å². The van der Waals surface area contributed by atoms with Gasteiger partial charge in [-0.25, -0.2) is 0 Å². The first kappa shape index (κ1) is 16.7. The molecule has 0 bridgehead atoms. The van der Waals surface area contributed by atoms with E-state index in [2.05, 4.69) is 11.2 Å². The molecule has 1 aromatic carbocycles. The zero-order valence-electron chi connectivity index (χ0n) is 13.3. The summed E-state index contributed by atoms with van der Waals surface area (Å²) in [7, 11) is 0. The molecule has 0 heterocycles. The Bertz CT molecular complexity index is 480. The van der Waals surface area contributed by atoms with Gasteiger partial charge in [-0.1, -0.05) is 12.1 Å². The summed E-state index contributed by atoms with van der Waals surface area (Å²) in [6, 6.07) is 6.46. The molecule has 0 N–H and O–H groups in total. The first-order chi connectivity index (χ1) is 11.0. The first-order valence-corrected chi connectivity index (χ1v) is 8.68. The van der Waals surface area contributed by atoms with Crippen LogP contribution in [-0.4, -0.2) is 6.36 Å². The standard InChI is InChI=1S/C19H24F3O/c20-19(21,22)23-18-12-10-17(11-13-18)16-8-6-15(7-9-16)14-4-2-1-3-5-14/h1,10-16H,2-9H2. The topological polar surface area (TPSA) is 9.23 Å². The van der Waals surface area contributed by atoms with Gasteiger partial charge in [-0.2, -0.15) is 0 Å². The Morgan fingerprint density at radius 3 is 1.91 bits per heavy atom. The highest BCUT2D eigenvalue weighted by molar-refractivity contribution is 5.29. The Morgan fingerprint density at radius 2 is 1.35 bits per heavy atom. The minimum Gasteiger partial charge on any atom is -0.406 e. The van der Waals surface area contributed by atoms with Crippen molar-refractivity contribution in [2.45, 2.75) is 63.6 Å². The van der Waals surface area contributed by atoms with Crippen molar-refractivity contribution >= 4 is 0 Å². The number of hydrogen-bond acceptors (Lipinski definition) is 1. The second-order valence-corrected chi connectivity index (χ2v) is 6.93. The largest absolute Gasteiger partial charge is 0.573 e. The van der Waals surface area contributed by atoms with Crippen LogP contribution in [-0.2, 0) is 0 Å². The van der Waals surface area contributed by atoms with Crippen molar-refractivity contribution in [1.29, 1.82) is 0 Å². The van der Waals surface area contributed by atoms with Gasteiger partial charge in [-0.3, -0.25) is 0 Å². The van der Waals surface area contributed by atoms with E-state index in [0.717, 1.165) is 30.2 Å². The lowest BCUT2D eigenvalue weighted by atomic mass is 9.70. The highest BCUT2D eigenvalue weighted by Crippen LogP contribution is 2.43. The van der Waals surface area contributed by atoms with E-state index in [-0.39, 0.29) is 5.75 Å². The van der Waals surface area contributed by atoms with Crippen LogP contribution in [0.15, 0.2) is 24.3 Å². The fourth-order valence-corrected chi connectivity index (χ4v) is 4.29. The number of rotatable bonds is 3. The lowest BCUT2D eigenvalue weighted by Crippen LogP contribution is -2.23. The van der Waals surface area contributed by atoms with Crippen LogP contribution >= 0.6 is 0 Å². The zero-order valence-corrected chi connectivity index (χ0v) is 13.3. The summed E-state index contributed by atoms with van der Waals surface area (Å²) in [4.78, 5) is 0. The van der Waals surface area contributed by atoms with Gasteiger partial charge in [-0.15, -0.1) is 13.2 Å². The Hall–Kier alpha value is -1.19. The molecule has 0 amide bonds. The molecule has 4 heteroatoms. The summed E-state index contributed by atoms with van der Waals surface area (Å²) in [5, 5.41) is 0. The molecule has 0 aromatic heterocycles. The fourth-order valence-electron chi connectivity index (χ4n) is 4.29. The monoisotopic (exact) mass is 325 g/mol. The lowest BCUT2D eigenvalue weighted by Gasteiger charge is -2.36. The van der Waals surface area contributed by atoms with E-state index in [1.807, 2.05) is 0 Å². The normalized spacial score (nSPS) is 26.9. The number of benzene rings is 1. The SMILES string of the molecule is FC(F)(F)Oc1ccc(C2CCC(C3CC[CH]CC3)CC2)cc1. The summed E-state index contributed by atoms with van der Waals surface area (Å²) in [5.74, 6) is 2.10. The van der Waals surface area contributed by atoms with Crippen molar-refractivity contribution in [3.05, 3.63) is 36.2 Å². The van der Waals surface area contributed by atoms with Gasteiger partial charge in [0.25, 0.3) is 0 Å². The van der Waals surface area contributed by atoms with Crippen molar-refractivity contribution < 1.29 is 17.9 Å². The van der Waals surface area contributed by atoms with E-state index in [1.165, 1.54) is 50.7 Å². The predicted octanol–water partition coefficient (Wildman–Crippen LogP) is 6.25. The molecule has 1 nitrogen and oxygen atoms in total. The van der Waals surface area contributed by atoms with Crippen LogP contribution in [0, 0.1) is 18.3 Å². The third kappa shape index (κ3) is 4.65. The first-order valence-electron chi connectivity index (χ1n) is 8.68. The third-order valence-electron chi connectivity index (χ3n) is 5.51. The van der Waals surface area contributed by atoms with Crippen molar-refractivity contribution in [2.24, 2.45) is 11.8 Å². The van der Waals surface area contributed by atoms with Crippen molar-refractivity contribution in [1.82, 2.24) is 0 Å². The Balaban J connectivity index is 1.53. The van der Waals surface area contributed by atoms with Gasteiger partial charge in [0, 0.05) is 0 Å². The maximum Gasteiger partial charge on any atom is 0.573 e. The van der Waals surface area contributed by atoms with Gasteiger partial charge in [0.2, 0.25) is 0 Å². The fraction of sp³-hybridized carbons (Fsp3) is 0.632. The maximum absolute atomic E-state index is 12.2. The van der Waals surface area contributed by atoms with Gasteiger partial charge in [0.1, 0.15) is 5.75 Å². The van der Waals surface area contributed by atoms with Gasteiger partial charge in [0.15, 0.2) is 0 Å². The predicted molar refractivity (Wildman–Crippen MR) is 84.1 cm³/mol. The molecule has 23 heavy (non-hydrogen) atoms. The van der Waals surface area contributed by atoms with Crippen LogP contribution in [0.2, 0.25) is 0 Å². The molecule has 1 aromatic rings. The quantitative estimate of drug-likeness (QED) is 0.638. The Labute approximate surface area is 136 Å². The number of hydrogen-bond donors (Lipinski definition) is 0. The third-order valence-corrected chi connectivity index (χ3v) is 5.51. The number of ether oxygens (including phenoxy) is 1. The second-order valence-electron chi connectivity index (χ2n) is 6.93. The smallest absolute Gasteiger partial charge is 0.406 e. The summed E-state index contributed by atoms with van der Waals surface area (Å²) in [6.45, 7) is 0. The van der Waals surface area contributed by atoms with Gasteiger partial charge >= 0.3 is 6.36 Å². The van der Waals surface area contributed by atoms with E-state index in [9.17, 15) is 13.2 Å². The molecule has 0 spiro atoms. The molecular weight excluding hydrogens is 301 g/mol. The molecule has 2 aliphatic carbocycles. The Kier molecular flexibility index (Phi) is 5.17. The van der Waals surface area contributed by atoms with Gasteiger partial charge in [-0.05, 0) is 93.2 Å². The lowest BCUT2D eigenvalue weighted by molar-refractivity contribution is -0.274. The molecule has 0 saturated heterocycles. The summed E-state index contributed by atoms with van der Waals surface area (Å²) < 4.78 is 40.5. The highest BCUT2D eigenvalue weighted by Gasteiger charge is 2.31. The van der Waals surface area contributed by atoms with Crippen LogP contribution in [0.5, 0.6) is 5.75 Å². The molecule has 2 fully saturated rings. The van der Waals surface area contributed by atoms with Crippen LogP contribution in [0.1, 0.15) is 62.8 Å². The van der Waals surface area contributed by atoms with E-state index in [1.54, 1.807) is 12.1 Å². The molecule has 0 atom stereocenters. The van der Waals surface area contributed by atoms with Gasteiger partial charge in [0.05, 0.1) is 0 Å². The molecule has 127 valence electrons. The summed E-state index contributed by atoms with van der Waals surface area (Å²) >= 11 is 0. The van der Waals surface area contributed by atoms with Crippen LogP contribution in [0.4, 0.5) is 13.2 Å². The van der Waals surface area contributed by atoms with Gasteiger partial charge < -0.3 is 4.74 Å². The van der Waals surface area contributed by atoms with Crippen LogP contribution in [0.3, 0.4) is 0 Å². The van der Waals surface area contributed by atoms with Crippen LogP contribution < -0.4 is 4.74 Å². The zero-order chi connectivity index (χ0) is 16.3. The maximum atomic E-state index is 12.2. The van der Waals surface area contributed by atoms with Crippen molar-refractivity contribution in [2.75, 3.05) is 0 Å². The second kappa shape index (κ2) is 7.14. The van der Waals surface area contributed by atoms with Crippen LogP contribution in [0.25, 0.3) is 0 Å². The van der Waals surface area contributed by atoms with Crippen molar-refractivity contribution in [3.63, 3.8) is 0 Å². The average molecular weight is 325 g/mol. The number of halogens is 3. The highest BCUT2D eigenvalue weighted by atomic mass is 19.4. The van der Waals surface area contributed by atoms with Crippen molar-refractivity contribution in [3.8, 4) is 5.75 Å². The molecule has 2 aliphatic rings. The van der Waals surface area contributed by atoms with E-state index >= 15 is 0 Å². The minimum atomic E-state index is -4.61. The number of alkyl halides is 3. The summed E-state index contributed by atoms with van der Waals surface area (Å²) in [6.07, 6.45) is 7.86. The molecular formula is C19H24F3O. The molecule has 0 aliphatic heterocycles. The minimum absolute atomic E-state index is 0.131. The average Bonchev–Trinajstić information content (AvgIpc) is 2.55. The molecule has 3 rings (SSSR count). The Morgan fingerprint density at radius 1 is 0.783 bits per heavy atom. The molecule has 0 unspecified atom stereocenters. The molecule has 2 saturated carbocycles. The summed E-state index contributed by atoms with van der Waals surface area (Å²) in [5.41, 5.74) is 1.15. The van der Waals surface area contributed by atoms with E-state index < -0.39 is 6.36 Å². The molecule has 1 radical (unpaired) electrons.